The molecular formula is C30H31LiN2. The Morgan fingerprint density at radius 2 is 0.909 bits per heavy atom. The molecule has 3 heteroatoms. The van der Waals surface area contributed by atoms with E-state index in [1.807, 2.05) is 0 Å². The Morgan fingerprint density at radius 1 is 0.515 bits per heavy atom. The van der Waals surface area contributed by atoms with Crippen molar-refractivity contribution in [2.45, 2.75) is 38.0 Å². The van der Waals surface area contributed by atoms with E-state index in [-0.39, 0.29) is 43.0 Å². The molecule has 0 amide bonds. The molecule has 0 aliphatic heterocycles. The average molecular weight is 427 g/mol. The minimum absolute atomic E-state index is 0. The van der Waals surface area contributed by atoms with Gasteiger partial charge in [-0.05, 0) is 18.1 Å². The van der Waals surface area contributed by atoms with Crippen molar-refractivity contribution in [2.75, 3.05) is 0 Å². The van der Waals surface area contributed by atoms with Crippen LogP contribution in [0.3, 0.4) is 0 Å². The van der Waals surface area contributed by atoms with Crippen molar-refractivity contribution in [1.82, 2.24) is 5.32 Å². The third-order valence-electron chi connectivity index (χ3n) is 6.01. The second-order valence-corrected chi connectivity index (χ2v) is 8.28. The second kappa shape index (κ2) is 12.6. The number of rotatable bonds is 9. The molecule has 4 aromatic rings. The van der Waals surface area contributed by atoms with Crippen LogP contribution in [0.4, 0.5) is 0 Å². The summed E-state index contributed by atoms with van der Waals surface area (Å²) in [5, 5.41) is 9.29. The van der Waals surface area contributed by atoms with Crippen LogP contribution >= 0.6 is 0 Å². The first-order chi connectivity index (χ1) is 15.7. The third kappa shape index (κ3) is 6.70. The smallest absolute Gasteiger partial charge is 0.648 e. The fraction of sp³-hybridized carbons (Fsp3) is 0.200. The van der Waals surface area contributed by atoms with Crippen molar-refractivity contribution >= 4 is 0 Å². The quantitative estimate of drug-likeness (QED) is 0.376. The van der Waals surface area contributed by atoms with E-state index in [9.17, 15) is 0 Å². The molecule has 2 nitrogen and oxygen atoms in total. The van der Waals surface area contributed by atoms with E-state index in [2.05, 4.69) is 140 Å². The van der Waals surface area contributed by atoms with Gasteiger partial charge in [-0.1, -0.05) is 145 Å². The normalized spacial score (nSPS) is 14.5. The van der Waals surface area contributed by atoms with Crippen LogP contribution in [0.5, 0.6) is 0 Å². The first kappa shape index (κ1) is 25.0. The van der Waals surface area contributed by atoms with E-state index in [4.69, 9.17) is 5.32 Å². The molecule has 0 unspecified atom stereocenters. The summed E-state index contributed by atoms with van der Waals surface area (Å²) < 4.78 is 0. The molecule has 0 aromatic heterocycles. The largest absolute Gasteiger partial charge is 1.00 e. The molecule has 4 aromatic carbocycles. The van der Waals surface area contributed by atoms with Crippen LogP contribution in [-0.2, 0) is 0 Å². The predicted molar refractivity (Wildman–Crippen MR) is 135 cm³/mol. The number of hydrogen-bond acceptors (Lipinski definition) is 1. The Balaban J connectivity index is 0.00000306. The number of nitrogens with zero attached hydrogens (tertiary/aromatic N) is 1. The van der Waals surface area contributed by atoms with Crippen molar-refractivity contribution in [1.29, 1.82) is 0 Å². The van der Waals surface area contributed by atoms with Crippen LogP contribution in [0.15, 0.2) is 121 Å². The number of hydrogen-bond donors (Lipinski definition) is 1. The number of nitrogens with one attached hydrogen (secondary N) is 1. The first-order valence-corrected chi connectivity index (χ1v) is 11.4. The van der Waals surface area contributed by atoms with E-state index in [0.717, 1.165) is 0 Å². The van der Waals surface area contributed by atoms with E-state index >= 15 is 0 Å². The van der Waals surface area contributed by atoms with E-state index in [1.165, 1.54) is 22.3 Å². The maximum Gasteiger partial charge on any atom is 1.00 e. The Bertz CT molecular complexity index is 966. The fourth-order valence-corrected chi connectivity index (χ4v) is 4.21. The molecule has 4 atom stereocenters. The molecular weight excluding hydrogens is 395 g/mol. The van der Waals surface area contributed by atoms with Gasteiger partial charge in [-0.3, -0.25) is 0 Å². The van der Waals surface area contributed by atoms with E-state index in [1.54, 1.807) is 0 Å². The summed E-state index contributed by atoms with van der Waals surface area (Å²) in [7, 11) is 0. The SMILES string of the molecule is C[C@@H]([N-][C@H](c1ccccc1)[C@H](N[C@H](C)c1ccccc1)c1ccccc1)c1ccccc1.[Li+]. The van der Waals surface area contributed by atoms with Gasteiger partial charge < -0.3 is 10.6 Å². The van der Waals surface area contributed by atoms with Crippen molar-refractivity contribution in [3.8, 4) is 0 Å². The van der Waals surface area contributed by atoms with Gasteiger partial charge in [-0.2, -0.15) is 0 Å². The molecule has 4 rings (SSSR count). The summed E-state index contributed by atoms with van der Waals surface area (Å²) >= 11 is 0. The maximum atomic E-state index is 5.38. The number of benzene rings is 4. The van der Waals surface area contributed by atoms with Crippen molar-refractivity contribution in [2.24, 2.45) is 0 Å². The summed E-state index contributed by atoms with van der Waals surface area (Å²) in [6.45, 7) is 4.42. The molecule has 33 heavy (non-hydrogen) atoms. The van der Waals surface area contributed by atoms with Crippen molar-refractivity contribution in [3.05, 3.63) is 149 Å². The molecule has 0 saturated heterocycles. The molecule has 0 aliphatic rings. The van der Waals surface area contributed by atoms with Gasteiger partial charge in [0.25, 0.3) is 0 Å². The zero-order valence-corrected chi connectivity index (χ0v) is 19.8. The second-order valence-electron chi connectivity index (χ2n) is 8.28. The van der Waals surface area contributed by atoms with Crippen LogP contribution in [0.2, 0.25) is 0 Å². The topological polar surface area (TPSA) is 26.1 Å². The fourth-order valence-electron chi connectivity index (χ4n) is 4.21. The zero-order chi connectivity index (χ0) is 22.2. The Hall–Kier alpha value is -2.60. The van der Waals surface area contributed by atoms with Crippen LogP contribution in [0.1, 0.15) is 60.3 Å². The van der Waals surface area contributed by atoms with Gasteiger partial charge in [-0.15, -0.1) is 6.04 Å². The van der Waals surface area contributed by atoms with E-state index < -0.39 is 0 Å². The summed E-state index contributed by atoms with van der Waals surface area (Å²) in [6.07, 6.45) is 0. The van der Waals surface area contributed by atoms with E-state index in [0.29, 0.717) is 0 Å². The van der Waals surface area contributed by atoms with Gasteiger partial charge in [0.05, 0.1) is 0 Å². The Morgan fingerprint density at radius 3 is 1.39 bits per heavy atom. The average Bonchev–Trinajstić information content (AvgIpc) is 2.88. The molecule has 0 bridgehead atoms. The van der Waals surface area contributed by atoms with Crippen molar-refractivity contribution in [3.63, 3.8) is 0 Å². The molecule has 0 aliphatic carbocycles. The van der Waals surface area contributed by atoms with Crippen LogP contribution in [0.25, 0.3) is 5.32 Å². The van der Waals surface area contributed by atoms with Gasteiger partial charge in [0, 0.05) is 12.1 Å². The molecule has 0 radical (unpaired) electrons. The Kier molecular flexibility index (Phi) is 9.55. The van der Waals surface area contributed by atoms with Crippen LogP contribution < -0.4 is 24.2 Å². The molecule has 162 valence electrons. The van der Waals surface area contributed by atoms with Gasteiger partial charge in [-0.25, -0.2) is 0 Å². The molecule has 0 spiro atoms. The molecule has 0 heterocycles. The summed E-state index contributed by atoms with van der Waals surface area (Å²) in [4.78, 5) is 0. The summed E-state index contributed by atoms with van der Waals surface area (Å²) in [6, 6.07) is 42.8. The first-order valence-electron chi connectivity index (χ1n) is 11.4. The summed E-state index contributed by atoms with van der Waals surface area (Å²) in [5.74, 6) is 0. The third-order valence-corrected chi connectivity index (χ3v) is 6.01. The van der Waals surface area contributed by atoms with Gasteiger partial charge >= 0.3 is 18.9 Å². The van der Waals surface area contributed by atoms with Gasteiger partial charge in [0.1, 0.15) is 0 Å². The van der Waals surface area contributed by atoms with Crippen molar-refractivity contribution < 1.29 is 18.9 Å². The maximum absolute atomic E-state index is 5.38. The Labute approximate surface area is 210 Å². The monoisotopic (exact) mass is 426 g/mol. The van der Waals surface area contributed by atoms with Gasteiger partial charge in [0.2, 0.25) is 0 Å². The predicted octanol–water partition coefficient (Wildman–Crippen LogP) is 4.96. The standard InChI is InChI=1S/C30H31N2.Li/c1-23(25-15-7-3-8-16-25)31-29(27-19-11-5-12-20-27)30(28-21-13-6-14-22-28)32-24(2)26-17-9-4-10-18-26;/h3-24,29-31H,1-2H3;/q-1;+1/t23-,24-,29-,30-;/m1./s1. The van der Waals surface area contributed by atoms with Gasteiger partial charge in [0.15, 0.2) is 0 Å². The van der Waals surface area contributed by atoms with Crippen LogP contribution in [-0.4, -0.2) is 0 Å². The minimum atomic E-state index is -0.0278. The zero-order valence-electron chi connectivity index (χ0n) is 19.8. The molecule has 0 saturated carbocycles. The summed E-state index contributed by atoms with van der Waals surface area (Å²) in [5.41, 5.74) is 4.97. The van der Waals surface area contributed by atoms with Crippen LogP contribution in [0, 0.1) is 0 Å². The minimum Gasteiger partial charge on any atom is -0.648 e. The molecule has 0 fully saturated rings. The molecule has 1 N–H and O–H groups in total.